The Morgan fingerprint density at radius 1 is 1.00 bits per heavy atom. The van der Waals surface area contributed by atoms with Gasteiger partial charge >= 0.3 is 0 Å². The Morgan fingerprint density at radius 2 is 1.70 bits per heavy atom. The van der Waals surface area contributed by atoms with Crippen molar-refractivity contribution in [3.8, 4) is 11.5 Å². The van der Waals surface area contributed by atoms with Crippen LogP contribution >= 0.6 is 0 Å². The molecule has 6 nitrogen and oxygen atoms in total. The number of ether oxygens (including phenoxy) is 1. The molecule has 1 fully saturated rings. The summed E-state index contributed by atoms with van der Waals surface area (Å²) in [7, 11) is 0. The predicted octanol–water partition coefficient (Wildman–Crippen LogP) is 4.72. The summed E-state index contributed by atoms with van der Waals surface area (Å²) in [5, 5.41) is 21.3. The largest absolute Gasteiger partial charge is 0.507 e. The summed E-state index contributed by atoms with van der Waals surface area (Å²) in [6.07, 6.45) is 0. The molecule has 3 aromatic rings. The Hall–Kier alpha value is -4.06. The Morgan fingerprint density at radius 3 is 2.36 bits per heavy atom. The molecule has 0 aliphatic carbocycles. The minimum Gasteiger partial charge on any atom is -0.507 e. The van der Waals surface area contributed by atoms with Crippen molar-refractivity contribution in [3.63, 3.8) is 0 Å². The zero-order chi connectivity index (χ0) is 23.5. The second-order valence-corrected chi connectivity index (χ2v) is 7.94. The number of phenolic OH excluding ortho intramolecular Hbond substituents is 1. The van der Waals surface area contributed by atoms with E-state index in [0.717, 1.165) is 11.1 Å². The molecule has 4 rings (SSSR count). The molecule has 3 aromatic carbocycles. The molecule has 0 spiro atoms. The van der Waals surface area contributed by atoms with E-state index >= 15 is 0 Å². The van der Waals surface area contributed by atoms with Gasteiger partial charge in [-0.05, 0) is 37.1 Å². The Labute approximate surface area is 192 Å². The molecule has 1 aliphatic rings. The maximum Gasteiger partial charge on any atom is 0.295 e. The quantitative estimate of drug-likeness (QED) is 0.327. The standard InChI is InChI=1S/C27H25NO5/c1-3-33-22-15-20(13-14-21(22)29)24-23(25(30)19-11-9-17(2)10-12-19)26(31)27(32)28(24)16-18-7-5-4-6-8-18/h4-15,24,29-30H,3,16H2,1-2H3. The molecular weight excluding hydrogens is 418 g/mol. The van der Waals surface area contributed by atoms with Gasteiger partial charge in [-0.2, -0.15) is 0 Å². The number of aliphatic hydroxyl groups is 1. The van der Waals surface area contributed by atoms with E-state index < -0.39 is 17.7 Å². The maximum absolute atomic E-state index is 13.2. The lowest BCUT2D eigenvalue weighted by Crippen LogP contribution is -2.29. The van der Waals surface area contributed by atoms with E-state index in [0.29, 0.717) is 17.7 Å². The Balaban J connectivity index is 1.88. The average molecular weight is 443 g/mol. The number of likely N-dealkylation sites (tertiary alicyclic amines) is 1. The molecule has 0 bridgehead atoms. The number of carbonyl (C=O) groups is 2. The monoisotopic (exact) mass is 443 g/mol. The highest BCUT2D eigenvalue weighted by atomic mass is 16.5. The van der Waals surface area contributed by atoms with Crippen molar-refractivity contribution >= 4 is 17.4 Å². The predicted molar refractivity (Wildman–Crippen MR) is 125 cm³/mol. The summed E-state index contributed by atoms with van der Waals surface area (Å²) in [5.74, 6) is -1.47. The topological polar surface area (TPSA) is 87.1 Å². The van der Waals surface area contributed by atoms with Crippen LogP contribution in [-0.4, -0.2) is 33.4 Å². The molecule has 33 heavy (non-hydrogen) atoms. The van der Waals surface area contributed by atoms with E-state index in [1.807, 2.05) is 49.4 Å². The van der Waals surface area contributed by atoms with Gasteiger partial charge in [-0.15, -0.1) is 0 Å². The highest BCUT2D eigenvalue weighted by Gasteiger charge is 2.46. The second-order valence-electron chi connectivity index (χ2n) is 7.94. The van der Waals surface area contributed by atoms with Crippen LogP contribution in [0.4, 0.5) is 0 Å². The van der Waals surface area contributed by atoms with Crippen molar-refractivity contribution in [1.82, 2.24) is 4.90 Å². The number of benzene rings is 3. The molecule has 1 atom stereocenters. The van der Waals surface area contributed by atoms with Crippen molar-refractivity contribution in [2.45, 2.75) is 26.4 Å². The number of amides is 1. The molecule has 1 saturated heterocycles. The number of phenols is 1. The van der Waals surface area contributed by atoms with Gasteiger partial charge in [-0.1, -0.05) is 66.2 Å². The fourth-order valence-corrected chi connectivity index (χ4v) is 4.01. The number of ketones is 1. The van der Waals surface area contributed by atoms with Gasteiger partial charge in [-0.3, -0.25) is 9.59 Å². The minimum atomic E-state index is -0.841. The van der Waals surface area contributed by atoms with E-state index in [2.05, 4.69) is 0 Å². The van der Waals surface area contributed by atoms with Gasteiger partial charge in [0, 0.05) is 12.1 Å². The molecule has 2 N–H and O–H groups in total. The summed E-state index contributed by atoms with van der Waals surface area (Å²) in [5.41, 5.74) is 2.87. The summed E-state index contributed by atoms with van der Waals surface area (Å²) >= 11 is 0. The third kappa shape index (κ3) is 4.32. The first-order chi connectivity index (χ1) is 15.9. The van der Waals surface area contributed by atoms with Gasteiger partial charge in [0.1, 0.15) is 5.76 Å². The second kappa shape index (κ2) is 9.20. The molecule has 1 amide bonds. The summed E-state index contributed by atoms with van der Waals surface area (Å²) in [4.78, 5) is 27.7. The molecule has 1 aliphatic heterocycles. The van der Waals surface area contributed by atoms with Crippen molar-refractivity contribution in [1.29, 1.82) is 0 Å². The van der Waals surface area contributed by atoms with E-state index in [1.54, 1.807) is 31.2 Å². The van der Waals surface area contributed by atoms with E-state index in [1.165, 1.54) is 11.0 Å². The molecule has 0 radical (unpaired) electrons. The minimum absolute atomic E-state index is 0.00734. The van der Waals surface area contributed by atoms with Gasteiger partial charge in [0.25, 0.3) is 11.7 Å². The van der Waals surface area contributed by atoms with Crippen LogP contribution in [0.3, 0.4) is 0 Å². The zero-order valence-electron chi connectivity index (χ0n) is 18.5. The number of aryl methyl sites for hydroxylation is 1. The first-order valence-electron chi connectivity index (χ1n) is 10.8. The van der Waals surface area contributed by atoms with E-state index in [9.17, 15) is 19.8 Å². The lowest BCUT2D eigenvalue weighted by Gasteiger charge is -2.26. The SMILES string of the molecule is CCOc1cc(C2C(=C(O)c3ccc(C)cc3)C(=O)C(=O)N2Cc2ccccc2)ccc1O. The van der Waals surface area contributed by atoms with Crippen molar-refractivity contribution in [2.24, 2.45) is 0 Å². The average Bonchev–Trinajstić information content (AvgIpc) is 3.06. The van der Waals surface area contributed by atoms with E-state index in [4.69, 9.17) is 4.74 Å². The number of Topliss-reactive ketones (excluding diaryl/α,β-unsaturated/α-hetero) is 1. The molecule has 6 heteroatoms. The van der Waals surface area contributed by atoms with Crippen LogP contribution in [-0.2, 0) is 16.1 Å². The first-order valence-corrected chi connectivity index (χ1v) is 10.8. The van der Waals surface area contributed by atoms with Crippen molar-refractivity contribution in [3.05, 3.63) is 101 Å². The van der Waals surface area contributed by atoms with Crippen LogP contribution in [0.25, 0.3) is 5.76 Å². The lowest BCUT2D eigenvalue weighted by molar-refractivity contribution is -0.140. The molecule has 0 aromatic heterocycles. The van der Waals surface area contributed by atoms with Crippen molar-refractivity contribution < 1.29 is 24.5 Å². The smallest absolute Gasteiger partial charge is 0.295 e. The van der Waals surface area contributed by atoms with Gasteiger partial charge in [-0.25, -0.2) is 0 Å². The number of nitrogens with zero attached hydrogens (tertiary/aromatic N) is 1. The maximum atomic E-state index is 13.2. The van der Waals surface area contributed by atoms with Crippen molar-refractivity contribution in [2.75, 3.05) is 6.61 Å². The lowest BCUT2D eigenvalue weighted by atomic mass is 9.94. The molecule has 168 valence electrons. The van der Waals surface area contributed by atoms with Crippen LogP contribution in [0.5, 0.6) is 11.5 Å². The van der Waals surface area contributed by atoms with E-state index in [-0.39, 0.29) is 29.4 Å². The normalized spacial score (nSPS) is 17.4. The fourth-order valence-electron chi connectivity index (χ4n) is 4.01. The van der Waals surface area contributed by atoms with Gasteiger partial charge in [0.05, 0.1) is 18.2 Å². The Bertz CT molecular complexity index is 1220. The number of hydrogen-bond acceptors (Lipinski definition) is 5. The highest BCUT2D eigenvalue weighted by molar-refractivity contribution is 6.46. The van der Waals surface area contributed by atoms with Crippen LogP contribution in [0.15, 0.2) is 78.4 Å². The Kier molecular flexibility index (Phi) is 6.18. The van der Waals surface area contributed by atoms with Crippen LogP contribution in [0, 0.1) is 6.92 Å². The van der Waals surface area contributed by atoms with Crippen LogP contribution in [0.1, 0.15) is 35.2 Å². The number of rotatable bonds is 6. The zero-order valence-corrected chi connectivity index (χ0v) is 18.5. The highest BCUT2D eigenvalue weighted by Crippen LogP contribution is 2.42. The summed E-state index contributed by atoms with van der Waals surface area (Å²) in [6.45, 7) is 4.25. The van der Waals surface area contributed by atoms with Gasteiger partial charge in [0.15, 0.2) is 11.5 Å². The number of aliphatic hydroxyl groups excluding tert-OH is 1. The number of carbonyl (C=O) groups excluding carboxylic acids is 2. The van der Waals surface area contributed by atoms with Crippen LogP contribution in [0.2, 0.25) is 0 Å². The first kappa shape index (κ1) is 22.1. The number of aromatic hydroxyl groups is 1. The van der Waals surface area contributed by atoms with Gasteiger partial charge < -0.3 is 19.8 Å². The molecule has 0 saturated carbocycles. The summed E-state index contributed by atoms with van der Waals surface area (Å²) in [6, 6.07) is 20.3. The summed E-state index contributed by atoms with van der Waals surface area (Å²) < 4.78 is 5.52. The van der Waals surface area contributed by atoms with Gasteiger partial charge in [0.2, 0.25) is 0 Å². The van der Waals surface area contributed by atoms with Crippen LogP contribution < -0.4 is 4.74 Å². The molecular formula is C27H25NO5. The molecule has 1 unspecified atom stereocenters. The third-order valence-corrected chi connectivity index (χ3v) is 5.66. The number of hydrogen-bond donors (Lipinski definition) is 2. The third-order valence-electron chi connectivity index (χ3n) is 5.66. The fraction of sp³-hybridized carbons (Fsp3) is 0.185. The molecule has 1 heterocycles.